The first-order valence-electron chi connectivity index (χ1n) is 6.78. The lowest BCUT2D eigenvalue weighted by Gasteiger charge is -2.24. The largest absolute Gasteiger partial charge is 0.482 e. The molecule has 3 nitrogen and oxygen atoms in total. The number of anilines is 1. The summed E-state index contributed by atoms with van der Waals surface area (Å²) in [4.78, 5) is 0. The molecule has 112 valence electrons. The maximum atomic E-state index is 12.2. The fourth-order valence-corrected chi connectivity index (χ4v) is 2.25. The Hall–Kier alpha value is -1.43. The summed E-state index contributed by atoms with van der Waals surface area (Å²) in [6.07, 6.45) is -2.05. The van der Waals surface area contributed by atoms with Gasteiger partial charge >= 0.3 is 6.18 Å². The molecule has 0 aromatic heterocycles. The number of benzene rings is 1. The number of nitrogens with one attached hydrogen (secondary N) is 2. The maximum absolute atomic E-state index is 12.2. The molecule has 1 atom stereocenters. The molecule has 1 fully saturated rings. The standard InChI is InChI=1S/C14H19F3N2O/c15-14(16,17)10-20-13-6-2-1-5-12(13)19-9-11-4-3-7-18-8-11/h1-2,5-6,11,18-19H,3-4,7-10H2. The van der Waals surface area contributed by atoms with Gasteiger partial charge in [0.2, 0.25) is 0 Å². The van der Waals surface area contributed by atoms with E-state index in [4.69, 9.17) is 4.74 Å². The van der Waals surface area contributed by atoms with E-state index in [1.807, 2.05) is 0 Å². The number of piperidine rings is 1. The number of alkyl halides is 3. The van der Waals surface area contributed by atoms with Crippen LogP contribution in [0.3, 0.4) is 0 Å². The lowest BCUT2D eigenvalue weighted by atomic mass is 10.00. The predicted molar refractivity (Wildman–Crippen MR) is 72.1 cm³/mol. The molecule has 0 bridgehead atoms. The Morgan fingerprint density at radius 1 is 1.30 bits per heavy atom. The molecule has 20 heavy (non-hydrogen) atoms. The third-order valence-corrected chi connectivity index (χ3v) is 3.26. The summed E-state index contributed by atoms with van der Waals surface area (Å²) in [7, 11) is 0. The highest BCUT2D eigenvalue weighted by Crippen LogP contribution is 2.26. The zero-order valence-electron chi connectivity index (χ0n) is 11.2. The summed E-state index contributed by atoms with van der Waals surface area (Å²) in [6, 6.07) is 6.73. The smallest absolute Gasteiger partial charge is 0.422 e. The highest BCUT2D eigenvalue weighted by Gasteiger charge is 2.28. The van der Waals surface area contributed by atoms with Crippen LogP contribution in [0, 0.1) is 5.92 Å². The Morgan fingerprint density at radius 2 is 2.10 bits per heavy atom. The average Bonchev–Trinajstić information content (AvgIpc) is 2.44. The van der Waals surface area contributed by atoms with Crippen LogP contribution in [0.5, 0.6) is 5.75 Å². The van der Waals surface area contributed by atoms with Crippen LogP contribution < -0.4 is 15.4 Å². The Bertz CT molecular complexity index is 417. The van der Waals surface area contributed by atoms with E-state index in [9.17, 15) is 13.2 Å². The lowest BCUT2D eigenvalue weighted by Crippen LogP contribution is -2.33. The van der Waals surface area contributed by atoms with E-state index in [0.717, 1.165) is 32.5 Å². The molecule has 2 rings (SSSR count). The Labute approximate surface area is 116 Å². The quantitative estimate of drug-likeness (QED) is 0.873. The first kappa shape index (κ1) is 15.0. The van der Waals surface area contributed by atoms with Crippen molar-refractivity contribution < 1.29 is 17.9 Å². The minimum absolute atomic E-state index is 0.244. The van der Waals surface area contributed by atoms with Crippen molar-refractivity contribution in [2.24, 2.45) is 5.92 Å². The van der Waals surface area contributed by atoms with Gasteiger partial charge < -0.3 is 15.4 Å². The second-order valence-electron chi connectivity index (χ2n) is 4.99. The van der Waals surface area contributed by atoms with E-state index in [2.05, 4.69) is 10.6 Å². The number of para-hydroxylation sites is 2. The SMILES string of the molecule is FC(F)(F)COc1ccccc1NCC1CCCNC1. The van der Waals surface area contributed by atoms with Gasteiger partial charge in [0, 0.05) is 6.54 Å². The molecule has 0 aliphatic carbocycles. The van der Waals surface area contributed by atoms with Gasteiger partial charge in [-0.15, -0.1) is 0 Å². The maximum Gasteiger partial charge on any atom is 0.422 e. The van der Waals surface area contributed by atoms with Gasteiger partial charge in [-0.25, -0.2) is 0 Å². The van der Waals surface area contributed by atoms with Gasteiger partial charge in [-0.1, -0.05) is 12.1 Å². The summed E-state index contributed by atoms with van der Waals surface area (Å²) in [6.45, 7) is 1.45. The van der Waals surface area contributed by atoms with Gasteiger partial charge in [-0.3, -0.25) is 0 Å². The number of hydrogen-bond acceptors (Lipinski definition) is 3. The fraction of sp³-hybridized carbons (Fsp3) is 0.571. The van der Waals surface area contributed by atoms with Crippen molar-refractivity contribution in [3.05, 3.63) is 24.3 Å². The van der Waals surface area contributed by atoms with Crippen molar-refractivity contribution in [2.45, 2.75) is 19.0 Å². The molecule has 0 saturated carbocycles. The predicted octanol–water partition coefficient (Wildman–Crippen LogP) is 3.04. The Kier molecular flexibility index (Phi) is 5.11. The molecule has 0 amide bonds. The van der Waals surface area contributed by atoms with E-state index in [1.165, 1.54) is 0 Å². The van der Waals surface area contributed by atoms with E-state index in [0.29, 0.717) is 11.6 Å². The van der Waals surface area contributed by atoms with Crippen LogP contribution in [0.1, 0.15) is 12.8 Å². The van der Waals surface area contributed by atoms with Crippen molar-refractivity contribution in [3.8, 4) is 5.75 Å². The van der Waals surface area contributed by atoms with Crippen molar-refractivity contribution >= 4 is 5.69 Å². The van der Waals surface area contributed by atoms with Crippen molar-refractivity contribution in [2.75, 3.05) is 31.6 Å². The van der Waals surface area contributed by atoms with Crippen LogP contribution in [-0.4, -0.2) is 32.4 Å². The molecule has 0 radical (unpaired) electrons. The first-order valence-corrected chi connectivity index (χ1v) is 6.78. The average molecular weight is 288 g/mol. The minimum Gasteiger partial charge on any atom is -0.482 e. The normalized spacial score (nSPS) is 19.6. The zero-order valence-corrected chi connectivity index (χ0v) is 11.2. The molecule has 6 heteroatoms. The molecule has 1 aliphatic heterocycles. The number of ether oxygens (including phenoxy) is 1. The summed E-state index contributed by atoms with van der Waals surface area (Å²) >= 11 is 0. The highest BCUT2D eigenvalue weighted by molar-refractivity contribution is 5.56. The van der Waals surface area contributed by atoms with Gasteiger partial charge in [-0.05, 0) is 44.0 Å². The minimum atomic E-state index is -4.32. The molecule has 1 aromatic carbocycles. The second-order valence-corrected chi connectivity index (χ2v) is 4.99. The Balaban J connectivity index is 1.89. The van der Waals surface area contributed by atoms with Crippen molar-refractivity contribution in [1.82, 2.24) is 5.32 Å². The second kappa shape index (κ2) is 6.83. The summed E-state index contributed by atoms with van der Waals surface area (Å²) in [5.41, 5.74) is 0.613. The van der Waals surface area contributed by atoms with E-state index < -0.39 is 12.8 Å². The van der Waals surface area contributed by atoms with Crippen molar-refractivity contribution in [1.29, 1.82) is 0 Å². The molecular weight excluding hydrogens is 269 g/mol. The molecular formula is C14H19F3N2O. The van der Waals surface area contributed by atoms with Gasteiger partial charge in [0.25, 0.3) is 0 Å². The van der Waals surface area contributed by atoms with E-state index in [-0.39, 0.29) is 5.75 Å². The highest BCUT2D eigenvalue weighted by atomic mass is 19.4. The topological polar surface area (TPSA) is 33.3 Å². The van der Waals surface area contributed by atoms with Crippen LogP contribution in [0.25, 0.3) is 0 Å². The lowest BCUT2D eigenvalue weighted by molar-refractivity contribution is -0.153. The van der Waals surface area contributed by atoms with Gasteiger partial charge in [-0.2, -0.15) is 13.2 Å². The van der Waals surface area contributed by atoms with E-state index >= 15 is 0 Å². The van der Waals surface area contributed by atoms with Gasteiger partial charge in [0.15, 0.2) is 6.61 Å². The fourth-order valence-electron chi connectivity index (χ4n) is 2.25. The van der Waals surface area contributed by atoms with E-state index in [1.54, 1.807) is 24.3 Å². The van der Waals surface area contributed by atoms with Crippen LogP contribution in [-0.2, 0) is 0 Å². The van der Waals surface area contributed by atoms with Crippen LogP contribution in [0.2, 0.25) is 0 Å². The number of hydrogen-bond donors (Lipinski definition) is 2. The van der Waals surface area contributed by atoms with Gasteiger partial charge in [0.05, 0.1) is 5.69 Å². The summed E-state index contributed by atoms with van der Waals surface area (Å²) in [5.74, 6) is 0.744. The molecule has 1 heterocycles. The third kappa shape index (κ3) is 4.92. The molecule has 1 saturated heterocycles. The molecule has 0 spiro atoms. The number of rotatable bonds is 5. The summed E-state index contributed by atoms with van der Waals surface area (Å²) in [5, 5.41) is 6.50. The van der Waals surface area contributed by atoms with Crippen LogP contribution in [0.15, 0.2) is 24.3 Å². The van der Waals surface area contributed by atoms with Crippen LogP contribution >= 0.6 is 0 Å². The first-order chi connectivity index (χ1) is 9.54. The summed E-state index contributed by atoms with van der Waals surface area (Å²) < 4.78 is 41.4. The van der Waals surface area contributed by atoms with Gasteiger partial charge in [0.1, 0.15) is 5.75 Å². The van der Waals surface area contributed by atoms with Crippen molar-refractivity contribution in [3.63, 3.8) is 0 Å². The monoisotopic (exact) mass is 288 g/mol. The molecule has 1 unspecified atom stereocenters. The Morgan fingerprint density at radius 3 is 2.80 bits per heavy atom. The van der Waals surface area contributed by atoms with Crippen LogP contribution in [0.4, 0.5) is 18.9 Å². The third-order valence-electron chi connectivity index (χ3n) is 3.26. The molecule has 1 aromatic rings. The number of halogens is 3. The molecule has 2 N–H and O–H groups in total. The molecule has 1 aliphatic rings. The zero-order chi connectivity index (χ0) is 14.4.